The number of hydrogen-bond donors (Lipinski definition) is 2. The Morgan fingerprint density at radius 3 is 2.83 bits per heavy atom. The van der Waals surface area contributed by atoms with Gasteiger partial charge in [-0.3, -0.25) is 4.90 Å². The Labute approximate surface area is 108 Å². The van der Waals surface area contributed by atoms with Gasteiger partial charge >= 0.3 is 6.09 Å². The van der Waals surface area contributed by atoms with Crippen molar-refractivity contribution < 1.29 is 14.6 Å². The molecule has 104 valence electrons. The number of nitrogens with one attached hydrogen (secondary N) is 1. The van der Waals surface area contributed by atoms with Crippen molar-refractivity contribution >= 4 is 6.09 Å². The standard InChI is InChI=1S/C13H24N2O3/c1-13(2,3)18-12(17)15-10(8-16)6-9-7-14-5-4-11(9)15/h9-11,14,16H,4-8H2,1-3H3/t9-,10-,11+/m1/s1. The third-order valence-electron chi connectivity index (χ3n) is 3.71. The summed E-state index contributed by atoms with van der Waals surface area (Å²) in [5, 5.41) is 12.8. The van der Waals surface area contributed by atoms with Crippen LogP contribution in [0.5, 0.6) is 0 Å². The maximum Gasteiger partial charge on any atom is 0.410 e. The van der Waals surface area contributed by atoms with Crippen molar-refractivity contribution in [3.05, 3.63) is 0 Å². The molecule has 3 atom stereocenters. The van der Waals surface area contributed by atoms with Gasteiger partial charge in [0.2, 0.25) is 0 Å². The molecule has 5 nitrogen and oxygen atoms in total. The van der Waals surface area contributed by atoms with Gasteiger partial charge in [0.05, 0.1) is 12.6 Å². The lowest BCUT2D eigenvalue weighted by Gasteiger charge is -2.35. The number of piperidine rings is 1. The molecular weight excluding hydrogens is 232 g/mol. The van der Waals surface area contributed by atoms with Crippen LogP contribution in [0.2, 0.25) is 0 Å². The highest BCUT2D eigenvalue weighted by Crippen LogP contribution is 2.34. The van der Waals surface area contributed by atoms with E-state index in [1.54, 1.807) is 4.90 Å². The molecule has 0 aromatic heterocycles. The topological polar surface area (TPSA) is 61.8 Å². The molecule has 0 aromatic rings. The summed E-state index contributed by atoms with van der Waals surface area (Å²) in [6, 6.07) is 0.132. The first-order valence-electron chi connectivity index (χ1n) is 6.75. The van der Waals surface area contributed by atoms with Crippen LogP contribution in [0.3, 0.4) is 0 Å². The predicted molar refractivity (Wildman–Crippen MR) is 68.3 cm³/mol. The smallest absolute Gasteiger partial charge is 0.410 e. The zero-order valence-electron chi connectivity index (χ0n) is 11.5. The zero-order chi connectivity index (χ0) is 13.3. The molecule has 0 saturated carbocycles. The highest BCUT2D eigenvalue weighted by Gasteiger charge is 2.45. The van der Waals surface area contributed by atoms with Crippen molar-refractivity contribution in [2.75, 3.05) is 19.7 Å². The number of hydrogen-bond acceptors (Lipinski definition) is 4. The monoisotopic (exact) mass is 256 g/mol. The van der Waals surface area contributed by atoms with Gasteiger partial charge in [0.1, 0.15) is 5.60 Å². The molecule has 2 N–H and O–H groups in total. The summed E-state index contributed by atoms with van der Waals surface area (Å²) in [4.78, 5) is 14.0. The third kappa shape index (κ3) is 2.78. The second-order valence-corrected chi connectivity index (χ2v) is 6.28. The number of aliphatic hydroxyl groups excluding tert-OH is 1. The minimum absolute atomic E-state index is 0.0201. The van der Waals surface area contributed by atoms with Gasteiger partial charge in [0, 0.05) is 6.04 Å². The summed E-state index contributed by atoms with van der Waals surface area (Å²) >= 11 is 0. The van der Waals surface area contributed by atoms with Crippen molar-refractivity contribution in [1.82, 2.24) is 10.2 Å². The molecule has 1 amide bonds. The van der Waals surface area contributed by atoms with E-state index in [0.29, 0.717) is 5.92 Å². The van der Waals surface area contributed by atoms with Crippen LogP contribution in [-0.4, -0.2) is 53.5 Å². The van der Waals surface area contributed by atoms with E-state index < -0.39 is 5.60 Å². The molecule has 2 aliphatic heterocycles. The van der Waals surface area contributed by atoms with Crippen molar-refractivity contribution in [1.29, 1.82) is 0 Å². The molecule has 18 heavy (non-hydrogen) atoms. The number of likely N-dealkylation sites (tertiary alicyclic amines) is 1. The van der Waals surface area contributed by atoms with Gasteiger partial charge in [-0.2, -0.15) is 0 Å². The number of fused-ring (bicyclic) bond motifs is 1. The zero-order valence-corrected chi connectivity index (χ0v) is 11.5. The number of aliphatic hydroxyl groups is 1. The Hall–Kier alpha value is -0.810. The third-order valence-corrected chi connectivity index (χ3v) is 3.71. The molecular formula is C13H24N2O3. The van der Waals surface area contributed by atoms with E-state index >= 15 is 0 Å². The van der Waals surface area contributed by atoms with Crippen LogP contribution in [0.25, 0.3) is 0 Å². The Bertz CT molecular complexity index is 314. The summed E-state index contributed by atoms with van der Waals surface area (Å²) in [6.07, 6.45) is 1.53. The highest BCUT2D eigenvalue weighted by atomic mass is 16.6. The van der Waals surface area contributed by atoms with Crippen LogP contribution in [0.1, 0.15) is 33.6 Å². The van der Waals surface area contributed by atoms with Crippen molar-refractivity contribution in [3.8, 4) is 0 Å². The molecule has 0 unspecified atom stereocenters. The maximum atomic E-state index is 12.3. The van der Waals surface area contributed by atoms with Crippen LogP contribution in [-0.2, 0) is 4.74 Å². The lowest BCUT2D eigenvalue weighted by atomic mass is 9.94. The molecule has 2 heterocycles. The number of nitrogens with zero attached hydrogens (tertiary/aromatic N) is 1. The van der Waals surface area contributed by atoms with Gasteiger partial charge in [-0.25, -0.2) is 4.79 Å². The van der Waals surface area contributed by atoms with E-state index in [1.165, 1.54) is 0 Å². The SMILES string of the molecule is CC(C)(C)OC(=O)N1[C@@H](CO)C[C@@H]2CNCC[C@@H]21. The number of carbonyl (C=O) groups excluding carboxylic acids is 1. The second kappa shape index (κ2) is 5.05. The molecule has 2 aliphatic rings. The molecule has 0 bridgehead atoms. The van der Waals surface area contributed by atoms with Crippen LogP contribution in [0.15, 0.2) is 0 Å². The van der Waals surface area contributed by atoms with Gasteiger partial charge in [-0.05, 0) is 52.6 Å². The van der Waals surface area contributed by atoms with Crippen molar-refractivity contribution in [3.63, 3.8) is 0 Å². The molecule has 0 spiro atoms. The predicted octanol–water partition coefficient (Wildman–Crippen LogP) is 0.966. The van der Waals surface area contributed by atoms with E-state index in [0.717, 1.165) is 25.9 Å². The number of rotatable bonds is 1. The van der Waals surface area contributed by atoms with Gasteiger partial charge in [0.25, 0.3) is 0 Å². The normalized spacial score (nSPS) is 32.2. The molecule has 2 saturated heterocycles. The van der Waals surface area contributed by atoms with Crippen molar-refractivity contribution in [2.45, 2.75) is 51.3 Å². The fraction of sp³-hybridized carbons (Fsp3) is 0.923. The maximum absolute atomic E-state index is 12.3. The molecule has 0 aromatic carbocycles. The molecule has 2 fully saturated rings. The first kappa shape index (κ1) is 13.6. The summed E-state index contributed by atoms with van der Waals surface area (Å²) in [7, 11) is 0. The van der Waals surface area contributed by atoms with Gasteiger partial charge in [-0.15, -0.1) is 0 Å². The quantitative estimate of drug-likeness (QED) is 0.734. The van der Waals surface area contributed by atoms with E-state index in [9.17, 15) is 9.90 Å². The number of ether oxygens (including phenoxy) is 1. The summed E-state index contributed by atoms with van der Waals surface area (Å²) in [5.74, 6) is 0.448. The fourth-order valence-electron chi connectivity index (χ4n) is 3.01. The number of amides is 1. The lowest BCUT2D eigenvalue weighted by molar-refractivity contribution is 0.00572. The van der Waals surface area contributed by atoms with E-state index in [2.05, 4.69) is 5.32 Å². The first-order chi connectivity index (χ1) is 8.42. The Morgan fingerprint density at radius 1 is 1.50 bits per heavy atom. The number of carbonyl (C=O) groups is 1. The van der Waals surface area contributed by atoms with E-state index in [4.69, 9.17) is 4.74 Å². The van der Waals surface area contributed by atoms with Gasteiger partial charge < -0.3 is 15.2 Å². The second-order valence-electron chi connectivity index (χ2n) is 6.28. The van der Waals surface area contributed by atoms with Gasteiger partial charge in [0.15, 0.2) is 0 Å². The molecule has 5 heteroatoms. The largest absolute Gasteiger partial charge is 0.444 e. The lowest BCUT2D eigenvalue weighted by Crippen LogP contribution is -2.49. The van der Waals surface area contributed by atoms with Crippen LogP contribution >= 0.6 is 0 Å². The summed E-state index contributed by atoms with van der Waals surface area (Å²) < 4.78 is 5.46. The fourth-order valence-corrected chi connectivity index (χ4v) is 3.01. The van der Waals surface area contributed by atoms with Crippen molar-refractivity contribution in [2.24, 2.45) is 5.92 Å². The molecule has 2 rings (SSSR count). The van der Waals surface area contributed by atoms with Gasteiger partial charge in [-0.1, -0.05) is 0 Å². The molecule has 0 radical (unpaired) electrons. The van der Waals surface area contributed by atoms with E-state index in [1.807, 2.05) is 20.8 Å². The summed E-state index contributed by atoms with van der Waals surface area (Å²) in [5.41, 5.74) is -0.484. The van der Waals surface area contributed by atoms with E-state index in [-0.39, 0.29) is 24.8 Å². The van der Waals surface area contributed by atoms with Crippen LogP contribution in [0.4, 0.5) is 4.79 Å². The average molecular weight is 256 g/mol. The minimum atomic E-state index is -0.484. The minimum Gasteiger partial charge on any atom is -0.444 e. The van der Waals surface area contributed by atoms with Crippen LogP contribution < -0.4 is 5.32 Å². The Morgan fingerprint density at radius 2 is 2.22 bits per heavy atom. The highest BCUT2D eigenvalue weighted by molar-refractivity contribution is 5.69. The van der Waals surface area contributed by atoms with Crippen LogP contribution in [0, 0.1) is 5.92 Å². The Balaban J connectivity index is 2.10. The summed E-state index contributed by atoms with van der Waals surface area (Å²) in [6.45, 7) is 7.49. The molecule has 0 aliphatic carbocycles. The first-order valence-corrected chi connectivity index (χ1v) is 6.75. The average Bonchev–Trinajstić information content (AvgIpc) is 2.64. The Kier molecular flexibility index (Phi) is 3.82.